The fraction of sp³-hybridized carbons (Fsp3) is 0.818. The van der Waals surface area contributed by atoms with Gasteiger partial charge in [-0.2, -0.15) is 11.8 Å². The Morgan fingerprint density at radius 2 is 2.25 bits per heavy atom. The third-order valence-corrected chi connectivity index (χ3v) is 4.01. The quantitative estimate of drug-likeness (QED) is 0.744. The average molecular weight is 245 g/mol. The number of hydrogen-bond acceptors (Lipinski definition) is 3. The van der Waals surface area contributed by atoms with E-state index in [1.54, 1.807) is 6.92 Å². The molecule has 1 aliphatic heterocycles. The molecule has 4 nitrogen and oxygen atoms in total. The molecule has 0 aliphatic carbocycles. The van der Waals surface area contributed by atoms with Crippen LogP contribution in [0.15, 0.2) is 0 Å². The Kier molecular flexibility index (Phi) is 5.66. The number of aliphatic carboxylic acids is 1. The molecule has 1 amide bonds. The van der Waals surface area contributed by atoms with Crippen LogP contribution in [0.2, 0.25) is 0 Å². The van der Waals surface area contributed by atoms with Crippen molar-refractivity contribution in [2.45, 2.75) is 37.9 Å². The van der Waals surface area contributed by atoms with Crippen molar-refractivity contribution in [3.8, 4) is 0 Å². The normalized spacial score (nSPS) is 21.7. The van der Waals surface area contributed by atoms with E-state index in [1.807, 2.05) is 11.8 Å². The van der Waals surface area contributed by atoms with Crippen molar-refractivity contribution in [1.29, 1.82) is 0 Å². The summed E-state index contributed by atoms with van der Waals surface area (Å²) in [7, 11) is 0. The maximum Gasteiger partial charge on any atom is 0.303 e. The van der Waals surface area contributed by atoms with E-state index in [-0.39, 0.29) is 18.2 Å². The first-order chi connectivity index (χ1) is 7.58. The largest absolute Gasteiger partial charge is 0.481 e. The Balaban J connectivity index is 2.12. The van der Waals surface area contributed by atoms with Crippen molar-refractivity contribution in [1.82, 2.24) is 5.32 Å². The van der Waals surface area contributed by atoms with Crippen molar-refractivity contribution in [2.75, 3.05) is 12.3 Å². The predicted octanol–water partition coefficient (Wildman–Crippen LogP) is 1.50. The highest BCUT2D eigenvalue weighted by Crippen LogP contribution is 2.25. The summed E-state index contributed by atoms with van der Waals surface area (Å²) in [6, 6.07) is 0. The van der Waals surface area contributed by atoms with Crippen LogP contribution in [0.25, 0.3) is 0 Å². The lowest BCUT2D eigenvalue weighted by Gasteiger charge is -2.12. The van der Waals surface area contributed by atoms with Crippen LogP contribution in [0.1, 0.15) is 32.6 Å². The van der Waals surface area contributed by atoms with E-state index in [1.165, 1.54) is 18.6 Å². The smallest absolute Gasteiger partial charge is 0.303 e. The van der Waals surface area contributed by atoms with E-state index < -0.39 is 5.97 Å². The average Bonchev–Trinajstić information content (AvgIpc) is 2.65. The van der Waals surface area contributed by atoms with Gasteiger partial charge in [0.25, 0.3) is 0 Å². The Morgan fingerprint density at radius 3 is 2.81 bits per heavy atom. The van der Waals surface area contributed by atoms with Crippen LogP contribution in [0.3, 0.4) is 0 Å². The van der Waals surface area contributed by atoms with Crippen LogP contribution in [-0.4, -0.2) is 34.5 Å². The van der Waals surface area contributed by atoms with Gasteiger partial charge in [0, 0.05) is 24.6 Å². The standard InChI is InChI=1S/C11H19NO3S/c1-8(6-11(14)15)5-10(13)12-7-9-3-2-4-16-9/h8-9H,2-7H2,1H3,(H,12,13)(H,14,15). The molecular formula is C11H19NO3S. The maximum atomic E-state index is 11.5. The molecule has 5 heteroatoms. The second kappa shape index (κ2) is 6.78. The molecular weight excluding hydrogens is 226 g/mol. The fourth-order valence-corrected chi connectivity index (χ4v) is 2.99. The summed E-state index contributed by atoms with van der Waals surface area (Å²) in [6.07, 6.45) is 2.78. The third kappa shape index (κ3) is 5.39. The van der Waals surface area contributed by atoms with Crippen LogP contribution in [0.4, 0.5) is 0 Å². The molecule has 0 aromatic rings. The number of thioether (sulfide) groups is 1. The molecule has 0 aromatic carbocycles. The zero-order valence-corrected chi connectivity index (χ0v) is 10.4. The predicted molar refractivity (Wildman–Crippen MR) is 64.5 cm³/mol. The Hall–Kier alpha value is -0.710. The highest BCUT2D eigenvalue weighted by molar-refractivity contribution is 8.00. The topological polar surface area (TPSA) is 66.4 Å². The summed E-state index contributed by atoms with van der Waals surface area (Å²) in [5.41, 5.74) is 0. The van der Waals surface area contributed by atoms with E-state index in [0.717, 1.165) is 6.54 Å². The lowest BCUT2D eigenvalue weighted by Crippen LogP contribution is -2.31. The third-order valence-electron chi connectivity index (χ3n) is 2.61. The van der Waals surface area contributed by atoms with Gasteiger partial charge >= 0.3 is 5.97 Å². The maximum absolute atomic E-state index is 11.5. The van der Waals surface area contributed by atoms with Crippen LogP contribution >= 0.6 is 11.8 Å². The number of nitrogens with one attached hydrogen (secondary N) is 1. The molecule has 1 saturated heterocycles. The molecule has 92 valence electrons. The van der Waals surface area contributed by atoms with Crippen LogP contribution in [-0.2, 0) is 9.59 Å². The number of carboxylic acid groups (broad SMARTS) is 1. The highest BCUT2D eigenvalue weighted by Gasteiger charge is 2.17. The van der Waals surface area contributed by atoms with Crippen LogP contribution in [0.5, 0.6) is 0 Å². The van der Waals surface area contributed by atoms with Gasteiger partial charge in [-0.1, -0.05) is 6.92 Å². The van der Waals surface area contributed by atoms with Gasteiger partial charge in [0.1, 0.15) is 0 Å². The summed E-state index contributed by atoms with van der Waals surface area (Å²) in [6.45, 7) is 2.52. The molecule has 1 heterocycles. The highest BCUT2D eigenvalue weighted by atomic mass is 32.2. The molecule has 2 unspecified atom stereocenters. The number of hydrogen-bond donors (Lipinski definition) is 2. The van der Waals surface area contributed by atoms with Gasteiger partial charge in [-0.15, -0.1) is 0 Å². The van der Waals surface area contributed by atoms with Gasteiger partial charge in [0.15, 0.2) is 0 Å². The van der Waals surface area contributed by atoms with E-state index >= 15 is 0 Å². The number of rotatable bonds is 6. The van der Waals surface area contributed by atoms with Crippen LogP contribution < -0.4 is 5.32 Å². The lowest BCUT2D eigenvalue weighted by molar-refractivity contribution is -0.138. The first-order valence-corrected chi connectivity index (χ1v) is 6.73. The monoisotopic (exact) mass is 245 g/mol. The Bertz CT molecular complexity index is 252. The van der Waals surface area contributed by atoms with Gasteiger partial charge in [-0.3, -0.25) is 9.59 Å². The number of amides is 1. The van der Waals surface area contributed by atoms with Crippen molar-refractivity contribution >= 4 is 23.6 Å². The minimum atomic E-state index is -0.841. The number of carbonyl (C=O) groups is 2. The van der Waals surface area contributed by atoms with Gasteiger partial charge in [-0.05, 0) is 24.5 Å². The molecule has 0 radical (unpaired) electrons. The summed E-state index contributed by atoms with van der Waals surface area (Å²) < 4.78 is 0. The summed E-state index contributed by atoms with van der Waals surface area (Å²) in [4.78, 5) is 21.9. The molecule has 16 heavy (non-hydrogen) atoms. The minimum absolute atomic E-state index is 0.0266. The fourth-order valence-electron chi connectivity index (χ4n) is 1.79. The van der Waals surface area contributed by atoms with E-state index in [0.29, 0.717) is 11.7 Å². The molecule has 0 saturated carbocycles. The summed E-state index contributed by atoms with van der Waals surface area (Å²) in [5.74, 6) is 0.234. The Morgan fingerprint density at radius 1 is 1.50 bits per heavy atom. The second-order valence-corrected chi connectivity index (χ2v) is 5.75. The zero-order valence-electron chi connectivity index (χ0n) is 9.57. The number of carboxylic acids is 1. The molecule has 2 N–H and O–H groups in total. The van der Waals surface area contributed by atoms with Gasteiger partial charge in [-0.25, -0.2) is 0 Å². The van der Waals surface area contributed by atoms with Gasteiger partial charge in [0.2, 0.25) is 5.91 Å². The molecule has 0 aromatic heterocycles. The number of carbonyl (C=O) groups excluding carboxylic acids is 1. The van der Waals surface area contributed by atoms with Crippen molar-refractivity contribution < 1.29 is 14.7 Å². The van der Waals surface area contributed by atoms with Crippen molar-refractivity contribution in [3.63, 3.8) is 0 Å². The van der Waals surface area contributed by atoms with E-state index in [2.05, 4.69) is 5.32 Å². The first-order valence-electron chi connectivity index (χ1n) is 5.68. The minimum Gasteiger partial charge on any atom is -0.481 e. The van der Waals surface area contributed by atoms with Crippen molar-refractivity contribution in [2.24, 2.45) is 5.92 Å². The molecule has 1 rings (SSSR count). The second-order valence-electron chi connectivity index (χ2n) is 4.35. The molecule has 1 fully saturated rings. The Labute approximate surface area is 100 Å². The summed E-state index contributed by atoms with van der Waals surface area (Å²) in [5, 5.41) is 12.0. The molecule has 2 atom stereocenters. The van der Waals surface area contributed by atoms with Gasteiger partial charge in [0.05, 0.1) is 0 Å². The molecule has 1 aliphatic rings. The lowest BCUT2D eigenvalue weighted by atomic mass is 10.0. The van der Waals surface area contributed by atoms with Gasteiger partial charge < -0.3 is 10.4 Å². The summed E-state index contributed by atoms with van der Waals surface area (Å²) >= 11 is 1.91. The van der Waals surface area contributed by atoms with E-state index in [9.17, 15) is 9.59 Å². The van der Waals surface area contributed by atoms with Crippen LogP contribution in [0, 0.1) is 5.92 Å². The van der Waals surface area contributed by atoms with E-state index in [4.69, 9.17) is 5.11 Å². The molecule has 0 bridgehead atoms. The van der Waals surface area contributed by atoms with Crippen molar-refractivity contribution in [3.05, 3.63) is 0 Å². The SMILES string of the molecule is CC(CC(=O)O)CC(=O)NCC1CCCS1. The first kappa shape index (κ1) is 13.4. The molecule has 0 spiro atoms. The zero-order chi connectivity index (χ0) is 12.0.